The lowest BCUT2D eigenvalue weighted by atomic mass is 10.1. The molecule has 0 bridgehead atoms. The average molecular weight is 457 g/mol. The van der Waals surface area contributed by atoms with Crippen molar-refractivity contribution in [2.45, 2.75) is 30.7 Å². The van der Waals surface area contributed by atoms with Gasteiger partial charge in [0.05, 0.1) is 10.9 Å². The van der Waals surface area contributed by atoms with Crippen LogP contribution in [0, 0.1) is 0 Å². The van der Waals surface area contributed by atoms with Crippen LogP contribution in [0.5, 0.6) is 0 Å². The van der Waals surface area contributed by atoms with E-state index in [1.807, 2.05) is 26.1 Å². The number of piperazine rings is 1. The Bertz CT molecular complexity index is 1040. The van der Waals surface area contributed by atoms with Crippen molar-refractivity contribution in [3.8, 4) is 0 Å². The number of carbonyl (C=O) groups is 1. The summed E-state index contributed by atoms with van der Waals surface area (Å²) in [5.41, 5.74) is 2.58. The molecule has 1 atom stereocenters. The molecular weight excluding hydrogens is 424 g/mol. The fourth-order valence-corrected chi connectivity index (χ4v) is 5.76. The number of hydrogen-bond acceptors (Lipinski definition) is 5. The molecule has 2 fully saturated rings. The smallest absolute Gasteiger partial charge is 0.251 e. The van der Waals surface area contributed by atoms with E-state index in [4.69, 9.17) is 0 Å². The Kier molecular flexibility index (Phi) is 6.83. The van der Waals surface area contributed by atoms with E-state index in [1.165, 1.54) is 28.9 Å². The molecule has 0 aliphatic carbocycles. The molecule has 2 aromatic carbocycles. The topological polar surface area (TPSA) is 73.0 Å². The van der Waals surface area contributed by atoms with Gasteiger partial charge >= 0.3 is 0 Å². The Morgan fingerprint density at radius 3 is 2.25 bits per heavy atom. The van der Waals surface area contributed by atoms with Gasteiger partial charge in [0, 0.05) is 50.5 Å². The molecule has 2 heterocycles. The maximum absolute atomic E-state index is 13.0. The fourth-order valence-electron chi connectivity index (χ4n) is 4.29. The number of nitrogens with zero attached hydrogens (tertiary/aromatic N) is 3. The lowest BCUT2D eigenvalue weighted by Crippen LogP contribution is -2.47. The monoisotopic (exact) mass is 456 g/mol. The lowest BCUT2D eigenvalue weighted by molar-refractivity contribution is 0.0939. The van der Waals surface area contributed by atoms with Crippen LogP contribution in [0.25, 0.3) is 0 Å². The number of sulfonamides is 1. The molecule has 2 aliphatic heterocycles. The van der Waals surface area contributed by atoms with Gasteiger partial charge in [0.2, 0.25) is 10.0 Å². The highest BCUT2D eigenvalue weighted by Crippen LogP contribution is 2.23. The number of amides is 1. The van der Waals surface area contributed by atoms with Gasteiger partial charge in [-0.15, -0.1) is 0 Å². The predicted octanol–water partition coefficient (Wildman–Crippen LogP) is 2.71. The quantitative estimate of drug-likeness (QED) is 0.724. The molecule has 2 saturated heterocycles. The third kappa shape index (κ3) is 4.98. The molecule has 0 unspecified atom stereocenters. The second kappa shape index (κ2) is 9.60. The largest absolute Gasteiger partial charge is 0.372 e. The number of nitrogens with one attached hydrogen (secondary N) is 1. The van der Waals surface area contributed by atoms with Crippen molar-refractivity contribution in [3.63, 3.8) is 0 Å². The van der Waals surface area contributed by atoms with Crippen LogP contribution in [0.4, 0.5) is 5.69 Å². The van der Waals surface area contributed by atoms with E-state index in [1.54, 1.807) is 18.2 Å². The molecule has 32 heavy (non-hydrogen) atoms. The molecule has 172 valence electrons. The van der Waals surface area contributed by atoms with Crippen LogP contribution in [0.15, 0.2) is 53.4 Å². The van der Waals surface area contributed by atoms with Crippen LogP contribution in [0.1, 0.15) is 41.7 Å². The second-order valence-corrected chi connectivity index (χ2v) is 10.7. The van der Waals surface area contributed by atoms with Gasteiger partial charge in [0.25, 0.3) is 5.91 Å². The van der Waals surface area contributed by atoms with E-state index >= 15 is 0 Å². The molecule has 2 aliphatic rings. The van der Waals surface area contributed by atoms with E-state index in [9.17, 15) is 13.2 Å². The third-order valence-electron chi connectivity index (χ3n) is 6.41. The first-order valence-electron chi connectivity index (χ1n) is 11.3. The maximum Gasteiger partial charge on any atom is 0.251 e. The van der Waals surface area contributed by atoms with Crippen molar-refractivity contribution in [1.29, 1.82) is 0 Å². The van der Waals surface area contributed by atoms with Gasteiger partial charge in [-0.25, -0.2) is 8.42 Å². The Balaban J connectivity index is 1.43. The molecule has 0 spiro atoms. The first-order valence-corrected chi connectivity index (χ1v) is 12.7. The fraction of sp³-hybridized carbons (Fsp3) is 0.458. The van der Waals surface area contributed by atoms with Crippen LogP contribution in [0.2, 0.25) is 0 Å². The summed E-state index contributed by atoms with van der Waals surface area (Å²) >= 11 is 0. The summed E-state index contributed by atoms with van der Waals surface area (Å²) in [7, 11) is -1.63. The highest BCUT2D eigenvalue weighted by atomic mass is 32.2. The Morgan fingerprint density at radius 2 is 1.59 bits per heavy atom. The molecule has 1 amide bonds. The summed E-state index contributed by atoms with van der Waals surface area (Å²) in [6, 6.07) is 14.4. The number of likely N-dealkylation sites (N-methyl/N-ethyl adjacent to an activating group) is 1. The molecule has 2 aromatic rings. The minimum atomic E-state index is -3.61. The zero-order valence-corrected chi connectivity index (χ0v) is 19.6. The molecule has 8 heteroatoms. The van der Waals surface area contributed by atoms with Gasteiger partial charge in [-0.3, -0.25) is 4.79 Å². The van der Waals surface area contributed by atoms with Crippen molar-refractivity contribution in [2.75, 3.05) is 51.2 Å². The van der Waals surface area contributed by atoms with Crippen molar-refractivity contribution < 1.29 is 13.2 Å². The highest BCUT2D eigenvalue weighted by Gasteiger charge is 2.28. The van der Waals surface area contributed by atoms with E-state index in [0.29, 0.717) is 31.7 Å². The number of carbonyl (C=O) groups excluding carboxylic acids is 1. The summed E-state index contributed by atoms with van der Waals surface area (Å²) in [4.78, 5) is 17.5. The van der Waals surface area contributed by atoms with Crippen molar-refractivity contribution in [1.82, 2.24) is 14.5 Å². The van der Waals surface area contributed by atoms with E-state index in [-0.39, 0.29) is 16.8 Å². The molecule has 0 aromatic heterocycles. The summed E-state index contributed by atoms with van der Waals surface area (Å²) in [5.74, 6) is -0.281. The zero-order chi connectivity index (χ0) is 22.7. The summed E-state index contributed by atoms with van der Waals surface area (Å²) in [6.45, 7) is 6.45. The van der Waals surface area contributed by atoms with E-state index in [0.717, 1.165) is 18.7 Å². The Morgan fingerprint density at radius 1 is 0.938 bits per heavy atom. The third-order valence-corrected chi connectivity index (χ3v) is 8.30. The number of anilines is 1. The number of hydrogen-bond donors (Lipinski definition) is 1. The minimum absolute atomic E-state index is 0.164. The van der Waals surface area contributed by atoms with Crippen molar-refractivity contribution in [2.24, 2.45) is 0 Å². The molecule has 1 N–H and O–H groups in total. The van der Waals surface area contributed by atoms with Gasteiger partial charge in [0.1, 0.15) is 0 Å². The van der Waals surface area contributed by atoms with Crippen LogP contribution < -0.4 is 10.2 Å². The van der Waals surface area contributed by atoms with Crippen molar-refractivity contribution in [3.05, 3.63) is 59.7 Å². The van der Waals surface area contributed by atoms with E-state index < -0.39 is 10.0 Å². The first kappa shape index (κ1) is 22.8. The number of benzene rings is 2. The maximum atomic E-state index is 13.0. The SMILES string of the molecule is C[C@H](NC(=O)c1cccc(S(=O)(=O)N2CCN(C)CC2)c1)c1ccc(N2CCCC2)cc1. The van der Waals surface area contributed by atoms with Crippen LogP contribution in [-0.2, 0) is 10.0 Å². The molecule has 0 saturated carbocycles. The number of rotatable bonds is 6. The summed E-state index contributed by atoms with van der Waals surface area (Å²) in [5, 5.41) is 3.00. The standard InChI is InChI=1S/C24H32N4O3S/c1-19(20-8-10-22(11-9-20)27-12-3-4-13-27)25-24(29)21-6-5-7-23(18-21)32(30,31)28-16-14-26(2)15-17-28/h5-11,18-19H,3-4,12-17H2,1-2H3,(H,25,29)/t19-/m0/s1. The minimum Gasteiger partial charge on any atom is -0.372 e. The van der Waals surface area contributed by atoms with E-state index in [2.05, 4.69) is 27.2 Å². The lowest BCUT2D eigenvalue weighted by Gasteiger charge is -2.31. The van der Waals surface area contributed by atoms with Gasteiger partial charge in [-0.1, -0.05) is 18.2 Å². The van der Waals surface area contributed by atoms with Gasteiger partial charge in [0.15, 0.2) is 0 Å². The average Bonchev–Trinajstić information content (AvgIpc) is 3.34. The molecule has 7 nitrogen and oxygen atoms in total. The molecule has 4 rings (SSSR count). The Hall–Kier alpha value is -2.42. The van der Waals surface area contributed by atoms with Crippen LogP contribution in [0.3, 0.4) is 0 Å². The molecule has 0 radical (unpaired) electrons. The normalized spacial score (nSPS) is 19.1. The van der Waals surface area contributed by atoms with Crippen molar-refractivity contribution >= 4 is 21.6 Å². The second-order valence-electron chi connectivity index (χ2n) is 8.72. The Labute approximate surface area is 191 Å². The highest BCUT2D eigenvalue weighted by molar-refractivity contribution is 7.89. The van der Waals surface area contributed by atoms with Gasteiger partial charge in [-0.05, 0) is 62.7 Å². The van der Waals surface area contributed by atoms with Crippen LogP contribution in [-0.4, -0.2) is 69.8 Å². The summed E-state index contributed by atoms with van der Waals surface area (Å²) in [6.07, 6.45) is 2.47. The first-order chi connectivity index (χ1) is 15.3. The van der Waals surface area contributed by atoms with Crippen LogP contribution >= 0.6 is 0 Å². The summed E-state index contributed by atoms with van der Waals surface area (Å²) < 4.78 is 27.5. The molecular formula is C24H32N4O3S. The van der Waals surface area contributed by atoms with Gasteiger partial charge < -0.3 is 15.1 Å². The predicted molar refractivity (Wildman–Crippen MR) is 126 cm³/mol. The zero-order valence-electron chi connectivity index (χ0n) is 18.8. The van der Waals surface area contributed by atoms with Gasteiger partial charge in [-0.2, -0.15) is 4.31 Å².